The summed E-state index contributed by atoms with van der Waals surface area (Å²) < 4.78 is 24.3. The average molecular weight is 443 g/mol. The van der Waals surface area contributed by atoms with Crippen molar-refractivity contribution in [2.45, 2.75) is 57.9 Å². The number of anilines is 2. The summed E-state index contributed by atoms with van der Waals surface area (Å²) in [5, 5.41) is 3.36. The van der Waals surface area contributed by atoms with Crippen molar-refractivity contribution in [1.82, 2.24) is 19.9 Å². The van der Waals surface area contributed by atoms with E-state index in [0.29, 0.717) is 24.0 Å². The second-order valence-electron chi connectivity index (χ2n) is 10.0. The predicted molar refractivity (Wildman–Crippen MR) is 120 cm³/mol. The lowest BCUT2D eigenvalue weighted by Crippen LogP contribution is -2.33. The van der Waals surface area contributed by atoms with Gasteiger partial charge in [0.2, 0.25) is 5.95 Å². The summed E-state index contributed by atoms with van der Waals surface area (Å²) in [5.74, 6) is 2.24. The van der Waals surface area contributed by atoms with Crippen LogP contribution in [0.5, 0.6) is 0 Å². The molecule has 0 amide bonds. The lowest BCUT2D eigenvalue weighted by molar-refractivity contribution is 0.381. The molecule has 2 aromatic rings. The molecule has 1 atom stereocenters. The fourth-order valence-corrected chi connectivity index (χ4v) is 7.65. The van der Waals surface area contributed by atoms with E-state index in [9.17, 15) is 8.42 Å². The highest BCUT2D eigenvalue weighted by Crippen LogP contribution is 2.45. The van der Waals surface area contributed by atoms with E-state index in [1.807, 2.05) is 0 Å². The van der Waals surface area contributed by atoms with Gasteiger partial charge in [-0.2, -0.15) is 4.98 Å². The molecule has 0 saturated carbocycles. The Morgan fingerprint density at radius 3 is 2.68 bits per heavy atom. The summed E-state index contributed by atoms with van der Waals surface area (Å²) >= 11 is 0. The molecule has 1 aliphatic carbocycles. The molecule has 1 unspecified atom stereocenters. The lowest BCUT2D eigenvalue weighted by Gasteiger charge is -2.34. The van der Waals surface area contributed by atoms with Gasteiger partial charge in [-0.25, -0.2) is 23.4 Å². The minimum absolute atomic E-state index is 0.00826. The van der Waals surface area contributed by atoms with E-state index in [1.165, 1.54) is 11.9 Å². The van der Waals surface area contributed by atoms with Crippen LogP contribution in [0.25, 0.3) is 0 Å². The van der Waals surface area contributed by atoms with Gasteiger partial charge in [-0.05, 0) is 32.1 Å². The highest BCUT2D eigenvalue weighted by molar-refractivity contribution is 7.91. The summed E-state index contributed by atoms with van der Waals surface area (Å²) in [4.78, 5) is 20.4. The zero-order valence-corrected chi connectivity index (χ0v) is 19.1. The van der Waals surface area contributed by atoms with E-state index in [-0.39, 0.29) is 10.8 Å². The molecule has 9 heteroatoms. The number of fused-ring (bicyclic) bond motifs is 1. The summed E-state index contributed by atoms with van der Waals surface area (Å²) in [6, 6.07) is 0. The van der Waals surface area contributed by atoms with Crippen molar-refractivity contribution in [3.05, 3.63) is 35.5 Å². The highest BCUT2D eigenvalue weighted by atomic mass is 32.2. The Bertz CT molecular complexity index is 1090. The summed E-state index contributed by atoms with van der Waals surface area (Å²) in [6.45, 7) is 6.69. The number of aromatic nitrogens is 4. The summed E-state index contributed by atoms with van der Waals surface area (Å²) in [5.41, 5.74) is 3.21. The van der Waals surface area contributed by atoms with Crippen molar-refractivity contribution in [3.8, 4) is 0 Å². The van der Waals surface area contributed by atoms with E-state index in [4.69, 9.17) is 9.97 Å². The Kier molecular flexibility index (Phi) is 4.91. The molecule has 1 spiro atoms. The molecule has 2 saturated heterocycles. The molecule has 0 aromatic carbocycles. The van der Waals surface area contributed by atoms with Gasteiger partial charge in [0.15, 0.2) is 9.84 Å². The minimum atomic E-state index is -2.91. The van der Waals surface area contributed by atoms with Gasteiger partial charge in [-0.3, -0.25) is 0 Å². The molecule has 31 heavy (non-hydrogen) atoms. The molecule has 2 aliphatic heterocycles. The van der Waals surface area contributed by atoms with Gasteiger partial charge < -0.3 is 10.2 Å². The number of nitrogens with zero attached hydrogens (tertiary/aromatic N) is 5. The fraction of sp³-hybridized carbons (Fsp3) is 0.636. The van der Waals surface area contributed by atoms with Crippen LogP contribution >= 0.6 is 0 Å². The van der Waals surface area contributed by atoms with Crippen molar-refractivity contribution in [2.75, 3.05) is 34.8 Å². The van der Waals surface area contributed by atoms with Gasteiger partial charge in [-0.15, -0.1) is 0 Å². The Labute approximate surface area is 183 Å². The van der Waals surface area contributed by atoms with E-state index < -0.39 is 9.84 Å². The van der Waals surface area contributed by atoms with E-state index in [2.05, 4.69) is 34.0 Å². The Morgan fingerprint density at radius 1 is 1.13 bits per heavy atom. The van der Waals surface area contributed by atoms with Gasteiger partial charge >= 0.3 is 0 Å². The predicted octanol–water partition coefficient (Wildman–Crippen LogP) is 2.51. The molecular weight excluding hydrogens is 412 g/mol. The summed E-state index contributed by atoms with van der Waals surface area (Å²) in [6.07, 6.45) is 9.97. The first-order valence-corrected chi connectivity index (χ1v) is 12.9. The molecule has 0 radical (unpaired) electrons. The van der Waals surface area contributed by atoms with Crippen LogP contribution < -0.4 is 10.2 Å². The van der Waals surface area contributed by atoms with E-state index in [1.54, 1.807) is 12.4 Å². The topological polar surface area (TPSA) is 101 Å². The van der Waals surface area contributed by atoms with E-state index in [0.717, 1.165) is 62.3 Å². The van der Waals surface area contributed by atoms with Crippen molar-refractivity contribution >= 4 is 21.6 Å². The highest BCUT2D eigenvalue weighted by Gasteiger charge is 2.47. The van der Waals surface area contributed by atoms with Crippen LogP contribution in [0, 0.1) is 5.41 Å². The normalized spacial score (nSPS) is 26.2. The number of sulfone groups is 1. The number of rotatable bonds is 4. The van der Waals surface area contributed by atoms with Gasteiger partial charge in [0, 0.05) is 54.0 Å². The van der Waals surface area contributed by atoms with Gasteiger partial charge in [0.05, 0.1) is 17.2 Å². The molecule has 2 fully saturated rings. The second-order valence-corrected chi connectivity index (χ2v) is 12.2. The Balaban J connectivity index is 1.47. The minimum Gasteiger partial charge on any atom is -0.356 e. The van der Waals surface area contributed by atoms with Crippen LogP contribution in [0.3, 0.4) is 0 Å². The van der Waals surface area contributed by atoms with Gasteiger partial charge in [-0.1, -0.05) is 13.8 Å². The van der Waals surface area contributed by atoms with Crippen molar-refractivity contribution < 1.29 is 8.42 Å². The molecule has 3 aliphatic rings. The third-order valence-corrected chi connectivity index (χ3v) is 9.01. The first-order valence-electron chi connectivity index (χ1n) is 11.1. The molecule has 5 rings (SSSR count). The molecule has 8 nitrogen and oxygen atoms in total. The largest absolute Gasteiger partial charge is 0.356 e. The third-order valence-electron chi connectivity index (χ3n) is 7.13. The van der Waals surface area contributed by atoms with Crippen LogP contribution in [0.1, 0.15) is 56.4 Å². The van der Waals surface area contributed by atoms with Crippen molar-refractivity contribution in [1.29, 1.82) is 0 Å². The zero-order valence-electron chi connectivity index (χ0n) is 18.3. The van der Waals surface area contributed by atoms with Crippen LogP contribution in [0.15, 0.2) is 18.7 Å². The first-order chi connectivity index (χ1) is 14.8. The first kappa shape index (κ1) is 20.6. The molecule has 4 heterocycles. The monoisotopic (exact) mass is 442 g/mol. The maximum Gasteiger partial charge on any atom is 0.225 e. The molecule has 2 aromatic heterocycles. The summed E-state index contributed by atoms with van der Waals surface area (Å²) in [7, 11) is -2.91. The number of hydrogen-bond donors (Lipinski definition) is 1. The second kappa shape index (κ2) is 7.39. The molecule has 0 bridgehead atoms. The van der Waals surface area contributed by atoms with Crippen LogP contribution in [0.4, 0.5) is 11.8 Å². The smallest absolute Gasteiger partial charge is 0.225 e. The van der Waals surface area contributed by atoms with Gasteiger partial charge in [0.25, 0.3) is 0 Å². The Hall–Kier alpha value is -2.29. The molecule has 1 N–H and O–H groups in total. The third kappa shape index (κ3) is 4.00. The molecular formula is C22H30N6O2S. The van der Waals surface area contributed by atoms with Crippen LogP contribution in [-0.4, -0.2) is 52.9 Å². The standard InChI is InChI=1S/C22H30N6O2S/c1-21(2)5-3-4-17-18(21)26-20(25-12-16-10-23-15-24-11-16)27-19(17)28-8-6-22(13-28)7-9-31(29,30)14-22/h10-11,15H,3-9,12-14H2,1-2H3,(H,25,26,27). The SMILES string of the molecule is CC1(C)CCCc2c(N3CCC4(CCS(=O)(=O)C4)C3)nc(NCc3cncnc3)nc21. The maximum absolute atomic E-state index is 12.2. The lowest BCUT2D eigenvalue weighted by atomic mass is 9.76. The number of hydrogen-bond acceptors (Lipinski definition) is 8. The number of nitrogens with one attached hydrogen (secondary N) is 1. The zero-order chi connectivity index (χ0) is 21.7. The van der Waals surface area contributed by atoms with Crippen LogP contribution in [0.2, 0.25) is 0 Å². The average Bonchev–Trinajstić information content (AvgIpc) is 3.28. The van der Waals surface area contributed by atoms with Crippen molar-refractivity contribution in [2.24, 2.45) is 5.41 Å². The Morgan fingerprint density at radius 2 is 1.94 bits per heavy atom. The molecule has 166 valence electrons. The van der Waals surface area contributed by atoms with Crippen LogP contribution in [-0.2, 0) is 28.2 Å². The fourth-order valence-electron chi connectivity index (χ4n) is 5.45. The van der Waals surface area contributed by atoms with Gasteiger partial charge in [0.1, 0.15) is 12.1 Å². The van der Waals surface area contributed by atoms with Crippen molar-refractivity contribution in [3.63, 3.8) is 0 Å². The van der Waals surface area contributed by atoms with E-state index >= 15 is 0 Å². The quantitative estimate of drug-likeness (QED) is 0.771. The maximum atomic E-state index is 12.2.